The van der Waals surface area contributed by atoms with Crippen LogP contribution in [0.2, 0.25) is 0 Å². The Morgan fingerprint density at radius 3 is 2.41 bits per heavy atom. The zero-order valence-electron chi connectivity index (χ0n) is 18.1. The number of aryl methyl sites for hydroxylation is 1. The first-order valence-corrected chi connectivity index (χ1v) is 12.4. The fraction of sp³-hybridized carbons (Fsp3) is 0.0400. The molecule has 0 unspecified atom stereocenters. The summed E-state index contributed by atoms with van der Waals surface area (Å²) in [6, 6.07) is 22.2. The molecule has 3 aromatic carbocycles. The Bertz CT molecular complexity index is 1450. The molecule has 9 heteroatoms. The van der Waals surface area contributed by atoms with Gasteiger partial charge in [0, 0.05) is 12.4 Å². The molecule has 172 valence electrons. The van der Waals surface area contributed by atoms with Gasteiger partial charge in [0.25, 0.3) is 5.91 Å². The number of carbonyl (C=O) groups is 1. The summed E-state index contributed by atoms with van der Waals surface area (Å²) in [6.07, 6.45) is 5.17. The second kappa shape index (κ2) is 10.1. The van der Waals surface area contributed by atoms with Gasteiger partial charge in [-0.2, -0.15) is 13.5 Å². The molecule has 1 aromatic heterocycles. The zero-order chi connectivity index (χ0) is 24.1. The molecule has 7 nitrogen and oxygen atoms in total. The lowest BCUT2D eigenvalue weighted by atomic mass is 10.1. The van der Waals surface area contributed by atoms with Crippen molar-refractivity contribution in [1.82, 2.24) is 9.99 Å². The Labute approximate surface area is 206 Å². The quantitative estimate of drug-likeness (QED) is 0.202. The first-order chi connectivity index (χ1) is 16.3. The van der Waals surface area contributed by atoms with E-state index in [1.807, 2.05) is 48.1 Å². The van der Waals surface area contributed by atoms with Crippen LogP contribution in [0.4, 0.5) is 0 Å². The minimum atomic E-state index is -3.97. The maximum atomic E-state index is 12.7. The van der Waals surface area contributed by atoms with Crippen LogP contribution >= 0.6 is 15.9 Å². The van der Waals surface area contributed by atoms with Crippen molar-refractivity contribution < 1.29 is 17.4 Å². The summed E-state index contributed by atoms with van der Waals surface area (Å²) in [5, 5.41) is 4.03. The Hall–Kier alpha value is -3.69. The number of rotatable bonds is 7. The summed E-state index contributed by atoms with van der Waals surface area (Å²) < 4.78 is 32.6. The molecule has 0 aliphatic carbocycles. The molecule has 0 radical (unpaired) electrons. The molecule has 0 aliphatic rings. The standard InChI is InChI=1S/C25H20BrN3O4S/c1-18-8-11-20(12-9-18)34(31,32)33-24-13-10-19(16-22(24)26)17-27-28-25(30)21-6-2-3-7-23(21)29-14-4-5-15-29/h2-17H,1H3,(H,28,30)/b27-17-. The van der Waals surface area contributed by atoms with E-state index in [4.69, 9.17) is 4.18 Å². The van der Waals surface area contributed by atoms with E-state index in [2.05, 4.69) is 26.5 Å². The van der Waals surface area contributed by atoms with Crippen molar-refractivity contribution in [3.05, 3.63) is 112 Å². The number of hydrogen-bond donors (Lipinski definition) is 1. The molecule has 0 aliphatic heterocycles. The van der Waals surface area contributed by atoms with E-state index in [-0.39, 0.29) is 16.6 Å². The molecule has 0 atom stereocenters. The van der Waals surface area contributed by atoms with Crippen LogP contribution in [0, 0.1) is 6.92 Å². The van der Waals surface area contributed by atoms with E-state index < -0.39 is 10.1 Å². The largest absolute Gasteiger partial charge is 0.378 e. The SMILES string of the molecule is Cc1ccc(S(=O)(=O)Oc2ccc(/C=N\NC(=O)c3ccccc3-n3cccc3)cc2Br)cc1. The van der Waals surface area contributed by atoms with Crippen molar-refractivity contribution in [1.29, 1.82) is 0 Å². The lowest BCUT2D eigenvalue weighted by molar-refractivity contribution is 0.0955. The van der Waals surface area contributed by atoms with Gasteiger partial charge in [-0.15, -0.1) is 0 Å². The molecule has 34 heavy (non-hydrogen) atoms. The topological polar surface area (TPSA) is 89.8 Å². The van der Waals surface area contributed by atoms with Gasteiger partial charge in [-0.1, -0.05) is 29.8 Å². The molecule has 0 saturated heterocycles. The number of amides is 1. The lowest BCUT2D eigenvalue weighted by Crippen LogP contribution is -2.19. The Morgan fingerprint density at radius 2 is 1.71 bits per heavy atom. The Morgan fingerprint density at radius 1 is 1.00 bits per heavy atom. The van der Waals surface area contributed by atoms with E-state index in [9.17, 15) is 13.2 Å². The second-order valence-corrected chi connectivity index (χ2v) is 9.75. The maximum Gasteiger partial charge on any atom is 0.339 e. The van der Waals surface area contributed by atoms with Gasteiger partial charge in [0.05, 0.1) is 21.9 Å². The van der Waals surface area contributed by atoms with Crippen molar-refractivity contribution in [2.24, 2.45) is 5.10 Å². The summed E-state index contributed by atoms with van der Waals surface area (Å²) in [4.78, 5) is 12.7. The van der Waals surface area contributed by atoms with Crippen molar-refractivity contribution in [2.45, 2.75) is 11.8 Å². The number of carbonyl (C=O) groups excluding carboxylic acids is 1. The molecule has 1 N–H and O–H groups in total. The van der Waals surface area contributed by atoms with Crippen LogP contribution < -0.4 is 9.61 Å². The van der Waals surface area contributed by atoms with Crippen molar-refractivity contribution in [3.63, 3.8) is 0 Å². The van der Waals surface area contributed by atoms with E-state index in [0.717, 1.165) is 11.3 Å². The van der Waals surface area contributed by atoms with E-state index in [0.29, 0.717) is 15.6 Å². The number of benzene rings is 3. The molecule has 4 rings (SSSR count). The number of hydrazone groups is 1. The van der Waals surface area contributed by atoms with Crippen LogP contribution in [-0.2, 0) is 10.1 Å². The first kappa shape index (κ1) is 23.5. The number of para-hydroxylation sites is 1. The van der Waals surface area contributed by atoms with Crippen LogP contribution in [-0.4, -0.2) is 25.1 Å². The molecular weight excluding hydrogens is 518 g/mol. The summed E-state index contributed by atoms with van der Waals surface area (Å²) in [5.41, 5.74) is 5.31. The predicted octanol–water partition coefficient (Wildman–Crippen LogP) is 5.08. The normalized spacial score (nSPS) is 11.5. The average Bonchev–Trinajstić information content (AvgIpc) is 3.36. The van der Waals surface area contributed by atoms with Crippen molar-refractivity contribution in [2.75, 3.05) is 0 Å². The van der Waals surface area contributed by atoms with Gasteiger partial charge in [0.2, 0.25) is 0 Å². The van der Waals surface area contributed by atoms with Gasteiger partial charge in [-0.3, -0.25) is 4.79 Å². The Kier molecular flexibility index (Phi) is 6.95. The fourth-order valence-corrected chi connectivity index (χ4v) is 4.68. The number of nitrogens with one attached hydrogen (secondary N) is 1. The van der Waals surface area contributed by atoms with Crippen LogP contribution in [0.5, 0.6) is 5.75 Å². The second-order valence-electron chi connectivity index (χ2n) is 7.35. The highest BCUT2D eigenvalue weighted by molar-refractivity contribution is 9.10. The van der Waals surface area contributed by atoms with E-state index in [1.54, 1.807) is 36.4 Å². The molecule has 0 saturated carbocycles. The number of nitrogens with zero attached hydrogens (tertiary/aromatic N) is 2. The van der Waals surface area contributed by atoms with Gasteiger partial charge >= 0.3 is 10.1 Å². The highest BCUT2D eigenvalue weighted by Gasteiger charge is 2.18. The smallest absolute Gasteiger partial charge is 0.339 e. The number of halogens is 1. The number of aromatic nitrogens is 1. The molecular formula is C25H20BrN3O4S. The van der Waals surface area contributed by atoms with Gasteiger partial charge in [-0.05, 0) is 83.0 Å². The van der Waals surface area contributed by atoms with Crippen LogP contribution in [0.15, 0.2) is 106 Å². The molecule has 0 spiro atoms. The molecule has 4 aromatic rings. The third-order valence-corrected chi connectivity index (χ3v) is 6.74. The third kappa shape index (κ3) is 5.44. The molecule has 0 fully saturated rings. The van der Waals surface area contributed by atoms with Crippen LogP contribution in [0.25, 0.3) is 5.69 Å². The zero-order valence-corrected chi connectivity index (χ0v) is 20.5. The summed E-state index contributed by atoms with van der Waals surface area (Å²) in [6.45, 7) is 1.87. The van der Waals surface area contributed by atoms with Gasteiger partial charge in [0.15, 0.2) is 5.75 Å². The molecule has 1 amide bonds. The Balaban J connectivity index is 1.45. The number of hydrogen-bond acceptors (Lipinski definition) is 5. The van der Waals surface area contributed by atoms with Crippen molar-refractivity contribution in [3.8, 4) is 11.4 Å². The van der Waals surface area contributed by atoms with Crippen LogP contribution in [0.3, 0.4) is 0 Å². The fourth-order valence-electron chi connectivity index (χ4n) is 3.15. The highest BCUT2D eigenvalue weighted by Crippen LogP contribution is 2.28. The molecule has 0 bridgehead atoms. The monoisotopic (exact) mass is 537 g/mol. The summed E-state index contributed by atoms with van der Waals surface area (Å²) in [7, 11) is -3.97. The summed E-state index contributed by atoms with van der Waals surface area (Å²) >= 11 is 3.33. The van der Waals surface area contributed by atoms with Crippen molar-refractivity contribution >= 4 is 38.2 Å². The third-order valence-electron chi connectivity index (χ3n) is 4.88. The van der Waals surface area contributed by atoms with Gasteiger partial charge in [0.1, 0.15) is 4.90 Å². The maximum absolute atomic E-state index is 12.7. The highest BCUT2D eigenvalue weighted by atomic mass is 79.9. The predicted molar refractivity (Wildman–Crippen MR) is 134 cm³/mol. The van der Waals surface area contributed by atoms with Gasteiger partial charge in [-0.25, -0.2) is 5.43 Å². The van der Waals surface area contributed by atoms with E-state index in [1.165, 1.54) is 24.4 Å². The lowest BCUT2D eigenvalue weighted by Gasteiger charge is -2.10. The first-order valence-electron chi connectivity index (χ1n) is 10.2. The van der Waals surface area contributed by atoms with E-state index >= 15 is 0 Å². The average molecular weight is 538 g/mol. The minimum Gasteiger partial charge on any atom is -0.378 e. The van der Waals surface area contributed by atoms with Gasteiger partial charge < -0.3 is 8.75 Å². The summed E-state index contributed by atoms with van der Waals surface area (Å²) in [5.74, 6) is -0.217. The van der Waals surface area contributed by atoms with Crippen LogP contribution in [0.1, 0.15) is 21.5 Å². The minimum absolute atomic E-state index is 0.0681. The molecule has 1 heterocycles.